The largest absolute Gasteiger partial charge is 0.461 e. The Morgan fingerprint density at radius 2 is 2.30 bits per heavy atom. The van der Waals surface area contributed by atoms with Gasteiger partial charge in [-0.1, -0.05) is 0 Å². The van der Waals surface area contributed by atoms with Crippen LogP contribution in [-0.4, -0.2) is 42.1 Å². The van der Waals surface area contributed by atoms with Crippen LogP contribution in [0.2, 0.25) is 0 Å². The summed E-state index contributed by atoms with van der Waals surface area (Å²) in [6.45, 7) is 1.27. The average molecular weight is 338 g/mol. The average Bonchev–Trinajstić information content (AvgIpc) is 3.27. The van der Waals surface area contributed by atoms with Crippen molar-refractivity contribution in [2.75, 3.05) is 19.9 Å². The van der Waals surface area contributed by atoms with Gasteiger partial charge in [-0.05, 0) is 50.5 Å². The van der Waals surface area contributed by atoms with E-state index in [1.165, 1.54) is 6.42 Å². The highest BCUT2D eigenvalue weighted by Gasteiger charge is 2.34. The van der Waals surface area contributed by atoms with Crippen LogP contribution in [0.4, 0.5) is 4.79 Å². The molecule has 0 spiro atoms. The van der Waals surface area contributed by atoms with Gasteiger partial charge in [-0.2, -0.15) is 11.8 Å². The number of hydrogen-bond acceptors (Lipinski definition) is 4. The molecule has 3 atom stereocenters. The van der Waals surface area contributed by atoms with Gasteiger partial charge in [-0.25, -0.2) is 4.79 Å². The quantitative estimate of drug-likeness (QED) is 0.892. The third-order valence-electron chi connectivity index (χ3n) is 4.86. The molecule has 0 radical (unpaired) electrons. The summed E-state index contributed by atoms with van der Waals surface area (Å²) in [6.07, 6.45) is 7.52. The van der Waals surface area contributed by atoms with Gasteiger partial charge in [-0.15, -0.1) is 0 Å². The molecular weight excluding hydrogens is 312 g/mol. The maximum atomic E-state index is 12.7. The number of nitrogens with one attached hydrogen (secondary N) is 1. The molecule has 3 rings (SSSR count). The van der Waals surface area contributed by atoms with Crippen molar-refractivity contribution >= 4 is 17.8 Å². The number of hydrogen-bond donors (Lipinski definition) is 1. The first kappa shape index (κ1) is 16.7. The number of thioether (sulfide) groups is 1. The van der Waals surface area contributed by atoms with Crippen LogP contribution in [0.25, 0.3) is 0 Å². The fourth-order valence-corrected chi connectivity index (χ4v) is 4.44. The highest BCUT2D eigenvalue weighted by atomic mass is 32.2. The van der Waals surface area contributed by atoms with Gasteiger partial charge in [0.15, 0.2) is 0 Å². The summed E-state index contributed by atoms with van der Waals surface area (Å²) in [7, 11) is 1.65. The topological polar surface area (TPSA) is 54.7 Å². The fraction of sp³-hybridized carbons (Fsp3) is 0.706. The van der Waals surface area contributed by atoms with Crippen molar-refractivity contribution < 1.29 is 13.9 Å². The molecule has 0 unspecified atom stereocenters. The number of ether oxygens (including phenoxy) is 1. The molecule has 1 saturated carbocycles. The molecule has 5 nitrogen and oxygen atoms in total. The molecule has 0 bridgehead atoms. The third-order valence-corrected chi connectivity index (χ3v) is 5.95. The van der Waals surface area contributed by atoms with Gasteiger partial charge in [0.1, 0.15) is 18.1 Å². The molecule has 2 aliphatic rings. The van der Waals surface area contributed by atoms with Crippen LogP contribution in [0.3, 0.4) is 0 Å². The lowest BCUT2D eigenvalue weighted by Gasteiger charge is -2.25. The van der Waals surface area contributed by atoms with Crippen LogP contribution in [0.1, 0.15) is 49.7 Å². The van der Waals surface area contributed by atoms with E-state index in [4.69, 9.17) is 9.15 Å². The zero-order valence-corrected chi connectivity index (χ0v) is 14.7. The van der Waals surface area contributed by atoms with Crippen molar-refractivity contribution in [1.82, 2.24) is 10.2 Å². The Balaban J connectivity index is 1.60. The minimum Gasteiger partial charge on any atom is -0.461 e. The van der Waals surface area contributed by atoms with Gasteiger partial charge in [0.2, 0.25) is 0 Å². The molecule has 1 aromatic rings. The second-order valence-corrected chi connectivity index (χ2v) is 7.54. The van der Waals surface area contributed by atoms with Crippen LogP contribution in [0, 0.1) is 0 Å². The lowest BCUT2D eigenvalue weighted by atomic mass is 10.2. The van der Waals surface area contributed by atoms with E-state index in [9.17, 15) is 4.79 Å². The van der Waals surface area contributed by atoms with E-state index in [0.717, 1.165) is 43.7 Å². The van der Waals surface area contributed by atoms with Crippen LogP contribution in [0.5, 0.6) is 0 Å². The summed E-state index contributed by atoms with van der Waals surface area (Å²) in [5.74, 6) is 1.69. The van der Waals surface area contributed by atoms with Crippen LogP contribution in [0.15, 0.2) is 16.5 Å². The molecular formula is C17H26N2O3S. The number of likely N-dealkylation sites (tertiary alicyclic amines) is 1. The van der Waals surface area contributed by atoms with E-state index >= 15 is 0 Å². The van der Waals surface area contributed by atoms with Crippen molar-refractivity contribution in [3.63, 3.8) is 0 Å². The maximum Gasteiger partial charge on any atom is 0.318 e. The Bertz CT molecular complexity index is 534. The highest BCUT2D eigenvalue weighted by molar-refractivity contribution is 7.99. The molecule has 2 fully saturated rings. The number of rotatable bonds is 5. The maximum absolute atomic E-state index is 12.7. The predicted molar refractivity (Wildman–Crippen MR) is 91.6 cm³/mol. The Kier molecular flexibility index (Phi) is 5.54. The Hall–Kier alpha value is -1.14. The Labute approximate surface area is 142 Å². The van der Waals surface area contributed by atoms with E-state index < -0.39 is 0 Å². The van der Waals surface area contributed by atoms with E-state index in [1.807, 2.05) is 28.8 Å². The van der Waals surface area contributed by atoms with Crippen molar-refractivity contribution in [1.29, 1.82) is 0 Å². The van der Waals surface area contributed by atoms with Crippen molar-refractivity contribution in [2.24, 2.45) is 0 Å². The summed E-state index contributed by atoms with van der Waals surface area (Å²) in [5, 5.41) is 3.92. The summed E-state index contributed by atoms with van der Waals surface area (Å²) in [5.41, 5.74) is 0. The first-order valence-corrected chi connectivity index (χ1v) is 9.67. The van der Waals surface area contributed by atoms with Crippen LogP contribution < -0.4 is 5.32 Å². The van der Waals surface area contributed by atoms with Crippen LogP contribution in [-0.2, 0) is 11.3 Å². The molecule has 1 saturated heterocycles. The molecule has 128 valence electrons. The second-order valence-electron chi connectivity index (χ2n) is 6.41. The monoisotopic (exact) mass is 338 g/mol. The van der Waals surface area contributed by atoms with Crippen molar-refractivity contribution in [2.45, 2.75) is 56.0 Å². The van der Waals surface area contributed by atoms with Crippen molar-refractivity contribution in [3.8, 4) is 0 Å². The lowest BCUT2D eigenvalue weighted by molar-refractivity contribution is 0.155. The summed E-state index contributed by atoms with van der Waals surface area (Å²) >= 11 is 1.91. The van der Waals surface area contributed by atoms with E-state index in [1.54, 1.807) is 7.11 Å². The third kappa shape index (κ3) is 3.86. The normalized spacial score (nSPS) is 27.6. The zero-order chi connectivity index (χ0) is 16.2. The number of furan rings is 1. The minimum absolute atomic E-state index is 0.0540. The second kappa shape index (κ2) is 7.62. The standard InChI is InChI=1S/C17H26N2O3S/c1-21-11-13-6-8-16(22-13)15-4-3-9-19(15)17(20)18-12-5-7-14(10-12)23-2/h6,8,12,14-15H,3-5,7,9-11H2,1-2H3,(H,18,20)/t12-,14+,15-/m0/s1. The number of carbonyl (C=O) groups excluding carboxylic acids is 1. The zero-order valence-electron chi connectivity index (χ0n) is 13.9. The van der Waals surface area contributed by atoms with Crippen LogP contribution >= 0.6 is 11.8 Å². The molecule has 1 aromatic heterocycles. The minimum atomic E-state index is 0.0540. The first-order valence-electron chi connectivity index (χ1n) is 8.38. The van der Waals surface area contributed by atoms with E-state index in [0.29, 0.717) is 17.9 Å². The van der Waals surface area contributed by atoms with Gasteiger partial charge >= 0.3 is 6.03 Å². The number of methoxy groups -OCH3 is 1. The van der Waals surface area contributed by atoms with Gasteiger partial charge in [0.25, 0.3) is 0 Å². The van der Waals surface area contributed by atoms with E-state index in [-0.39, 0.29) is 12.1 Å². The van der Waals surface area contributed by atoms with Gasteiger partial charge in [0, 0.05) is 24.9 Å². The number of urea groups is 1. The van der Waals surface area contributed by atoms with Crippen molar-refractivity contribution in [3.05, 3.63) is 23.7 Å². The molecule has 2 amide bonds. The molecule has 1 aliphatic heterocycles. The molecule has 23 heavy (non-hydrogen) atoms. The van der Waals surface area contributed by atoms with Gasteiger partial charge < -0.3 is 19.4 Å². The summed E-state index contributed by atoms with van der Waals surface area (Å²) in [4.78, 5) is 14.6. The SMILES string of the molecule is COCc1ccc([C@@H]2CCCN2C(=O)N[C@H]2CC[C@@H](SC)C2)o1. The number of carbonyl (C=O) groups is 1. The lowest BCUT2D eigenvalue weighted by Crippen LogP contribution is -2.43. The van der Waals surface area contributed by atoms with Gasteiger partial charge in [0.05, 0.1) is 6.04 Å². The Morgan fingerprint density at radius 3 is 3.04 bits per heavy atom. The first-order chi connectivity index (χ1) is 11.2. The van der Waals surface area contributed by atoms with Gasteiger partial charge in [-0.3, -0.25) is 0 Å². The molecule has 1 N–H and O–H groups in total. The number of amides is 2. The van der Waals surface area contributed by atoms with E-state index in [2.05, 4.69) is 11.6 Å². The molecule has 6 heteroatoms. The predicted octanol–water partition coefficient (Wildman–Crippen LogP) is 3.56. The molecule has 2 heterocycles. The smallest absolute Gasteiger partial charge is 0.318 e. The highest BCUT2D eigenvalue weighted by Crippen LogP contribution is 2.34. The fourth-order valence-electron chi connectivity index (χ4n) is 3.64. The summed E-state index contributed by atoms with van der Waals surface area (Å²) < 4.78 is 10.9. The molecule has 1 aliphatic carbocycles. The Morgan fingerprint density at radius 1 is 1.43 bits per heavy atom. The molecule has 0 aromatic carbocycles. The summed E-state index contributed by atoms with van der Waals surface area (Å²) in [6, 6.07) is 4.35. The number of nitrogens with zero attached hydrogens (tertiary/aromatic N) is 1.